The van der Waals surface area contributed by atoms with Crippen molar-refractivity contribution < 1.29 is 32.5 Å². The summed E-state index contributed by atoms with van der Waals surface area (Å²) in [6, 6.07) is 9.46. The molecule has 30 heavy (non-hydrogen) atoms. The highest BCUT2D eigenvalue weighted by atomic mass is 19.4. The van der Waals surface area contributed by atoms with Gasteiger partial charge in [-0.15, -0.1) is 13.2 Å². The maximum absolute atomic E-state index is 12.6. The van der Waals surface area contributed by atoms with Gasteiger partial charge in [0.2, 0.25) is 0 Å². The van der Waals surface area contributed by atoms with Gasteiger partial charge in [0.25, 0.3) is 5.91 Å². The van der Waals surface area contributed by atoms with E-state index in [9.17, 15) is 18.0 Å². The summed E-state index contributed by atoms with van der Waals surface area (Å²) >= 11 is 0. The van der Waals surface area contributed by atoms with Crippen LogP contribution in [0.15, 0.2) is 61.2 Å². The van der Waals surface area contributed by atoms with E-state index in [0.717, 1.165) is 12.1 Å². The zero-order chi connectivity index (χ0) is 21.6. The fourth-order valence-electron chi connectivity index (χ4n) is 2.56. The van der Waals surface area contributed by atoms with Crippen LogP contribution in [0.1, 0.15) is 10.4 Å². The number of benzene rings is 2. The number of alkyl halides is 3. The second kappa shape index (κ2) is 9.23. The molecule has 2 N–H and O–H groups in total. The number of aliphatic hydroxyl groups is 1. The van der Waals surface area contributed by atoms with Crippen LogP contribution in [0.5, 0.6) is 11.5 Å². The standard InChI is InChI=1S/C20H16F3N3O4/c21-20(22,23)30-16-4-2-15(3-5-16)26-19(28)13-1-6-18(29-8-7-27)17(9-13)14-10-24-12-25-11-14/h1-6,9-12,27H,7-8H2,(H,26,28). The van der Waals surface area contributed by atoms with E-state index in [1.165, 1.54) is 24.5 Å². The lowest BCUT2D eigenvalue weighted by atomic mass is 10.0. The van der Waals surface area contributed by atoms with Crippen LogP contribution in [0.25, 0.3) is 11.1 Å². The van der Waals surface area contributed by atoms with Crippen molar-refractivity contribution in [2.24, 2.45) is 0 Å². The Hall–Kier alpha value is -3.66. The van der Waals surface area contributed by atoms with E-state index in [1.807, 2.05) is 0 Å². The third-order valence-corrected chi connectivity index (χ3v) is 3.81. The minimum atomic E-state index is -4.79. The van der Waals surface area contributed by atoms with Crippen molar-refractivity contribution in [2.45, 2.75) is 6.36 Å². The van der Waals surface area contributed by atoms with Gasteiger partial charge in [0.05, 0.1) is 6.61 Å². The van der Waals surface area contributed by atoms with Crippen LogP contribution in [-0.4, -0.2) is 40.6 Å². The molecule has 0 atom stereocenters. The molecule has 0 bridgehead atoms. The molecular formula is C20H16F3N3O4. The third kappa shape index (κ3) is 5.67. The van der Waals surface area contributed by atoms with Crippen molar-refractivity contribution >= 4 is 11.6 Å². The molecule has 10 heteroatoms. The Balaban J connectivity index is 1.80. The molecule has 0 aliphatic rings. The predicted octanol–water partition coefficient (Wildman–Crippen LogP) is 3.67. The Labute approximate surface area is 169 Å². The topological polar surface area (TPSA) is 93.6 Å². The molecule has 156 valence electrons. The maximum atomic E-state index is 12.6. The molecule has 1 aromatic heterocycles. The quantitative estimate of drug-likeness (QED) is 0.607. The van der Waals surface area contributed by atoms with Crippen LogP contribution in [0.4, 0.5) is 18.9 Å². The van der Waals surface area contributed by atoms with E-state index in [1.54, 1.807) is 24.5 Å². The van der Waals surface area contributed by atoms with E-state index < -0.39 is 18.0 Å². The van der Waals surface area contributed by atoms with Gasteiger partial charge in [-0.3, -0.25) is 4.79 Å². The molecule has 7 nitrogen and oxygen atoms in total. The number of nitrogens with zero attached hydrogens (tertiary/aromatic N) is 2. The minimum absolute atomic E-state index is 0.0680. The van der Waals surface area contributed by atoms with Gasteiger partial charge in [0.15, 0.2) is 0 Å². The molecular weight excluding hydrogens is 403 g/mol. The Morgan fingerprint density at radius 2 is 1.77 bits per heavy atom. The fraction of sp³-hybridized carbons (Fsp3) is 0.150. The van der Waals surface area contributed by atoms with Crippen molar-refractivity contribution in [1.29, 1.82) is 0 Å². The number of ether oxygens (including phenoxy) is 2. The van der Waals surface area contributed by atoms with Crippen LogP contribution >= 0.6 is 0 Å². The summed E-state index contributed by atoms with van der Waals surface area (Å²) in [6.45, 7) is -0.112. The molecule has 0 saturated heterocycles. The molecule has 2 aromatic carbocycles. The second-order valence-corrected chi connectivity index (χ2v) is 5.94. The van der Waals surface area contributed by atoms with Gasteiger partial charge in [-0.2, -0.15) is 0 Å². The Kier molecular flexibility index (Phi) is 6.48. The fourth-order valence-corrected chi connectivity index (χ4v) is 2.56. The SMILES string of the molecule is O=C(Nc1ccc(OC(F)(F)F)cc1)c1ccc(OCCO)c(-c2cncnc2)c1. The summed E-state index contributed by atoms with van der Waals surface area (Å²) in [5.74, 6) is -0.437. The number of hydrogen-bond donors (Lipinski definition) is 2. The lowest BCUT2D eigenvalue weighted by molar-refractivity contribution is -0.274. The number of carbonyl (C=O) groups is 1. The highest BCUT2D eigenvalue weighted by Crippen LogP contribution is 2.31. The van der Waals surface area contributed by atoms with Crippen LogP contribution in [-0.2, 0) is 0 Å². The van der Waals surface area contributed by atoms with Gasteiger partial charge in [-0.25, -0.2) is 9.97 Å². The van der Waals surface area contributed by atoms with Crippen LogP contribution < -0.4 is 14.8 Å². The normalized spacial score (nSPS) is 11.1. The zero-order valence-corrected chi connectivity index (χ0v) is 15.4. The predicted molar refractivity (Wildman–Crippen MR) is 101 cm³/mol. The van der Waals surface area contributed by atoms with E-state index in [0.29, 0.717) is 22.6 Å². The van der Waals surface area contributed by atoms with Gasteiger partial charge < -0.3 is 19.9 Å². The average molecular weight is 419 g/mol. The zero-order valence-electron chi connectivity index (χ0n) is 15.4. The molecule has 0 unspecified atom stereocenters. The Morgan fingerprint density at radius 1 is 1.07 bits per heavy atom. The highest BCUT2D eigenvalue weighted by molar-refractivity contribution is 6.05. The molecule has 0 spiro atoms. The summed E-state index contributed by atoms with van der Waals surface area (Å²) in [5.41, 5.74) is 1.72. The summed E-state index contributed by atoms with van der Waals surface area (Å²) in [7, 11) is 0. The lowest BCUT2D eigenvalue weighted by Gasteiger charge is -2.13. The number of amides is 1. The maximum Gasteiger partial charge on any atom is 0.573 e. The molecule has 1 amide bonds. The first-order valence-corrected chi connectivity index (χ1v) is 8.66. The number of anilines is 1. The number of carbonyl (C=O) groups excluding carboxylic acids is 1. The van der Waals surface area contributed by atoms with E-state index >= 15 is 0 Å². The van der Waals surface area contributed by atoms with Crippen LogP contribution in [0.3, 0.4) is 0 Å². The number of halogens is 3. The number of rotatable bonds is 7. The Bertz CT molecular complexity index is 996. The molecule has 0 aliphatic carbocycles. The summed E-state index contributed by atoms with van der Waals surface area (Å²) in [6.07, 6.45) is -0.326. The monoisotopic (exact) mass is 419 g/mol. The number of aliphatic hydroxyl groups excluding tert-OH is 1. The van der Waals surface area contributed by atoms with Gasteiger partial charge in [-0.05, 0) is 42.5 Å². The first kappa shape index (κ1) is 21.1. The van der Waals surface area contributed by atoms with Crippen LogP contribution in [0.2, 0.25) is 0 Å². The third-order valence-electron chi connectivity index (χ3n) is 3.81. The minimum Gasteiger partial charge on any atom is -0.491 e. The second-order valence-electron chi connectivity index (χ2n) is 5.94. The summed E-state index contributed by atoms with van der Waals surface area (Å²) in [5, 5.41) is 11.6. The largest absolute Gasteiger partial charge is 0.573 e. The van der Waals surface area contributed by atoms with E-state index in [4.69, 9.17) is 9.84 Å². The molecule has 0 radical (unpaired) electrons. The van der Waals surface area contributed by atoms with E-state index in [2.05, 4.69) is 20.0 Å². The van der Waals surface area contributed by atoms with Gasteiger partial charge in [-0.1, -0.05) is 0 Å². The van der Waals surface area contributed by atoms with Gasteiger partial charge >= 0.3 is 6.36 Å². The molecule has 0 saturated carbocycles. The molecule has 3 rings (SSSR count). The first-order chi connectivity index (χ1) is 14.4. The smallest absolute Gasteiger partial charge is 0.491 e. The number of aromatic nitrogens is 2. The molecule has 0 fully saturated rings. The van der Waals surface area contributed by atoms with Crippen molar-refractivity contribution in [3.8, 4) is 22.6 Å². The summed E-state index contributed by atoms with van der Waals surface area (Å²) < 4.78 is 46.0. The van der Waals surface area contributed by atoms with Gasteiger partial charge in [0, 0.05) is 34.8 Å². The summed E-state index contributed by atoms with van der Waals surface area (Å²) in [4.78, 5) is 20.5. The first-order valence-electron chi connectivity index (χ1n) is 8.66. The van der Waals surface area contributed by atoms with E-state index in [-0.39, 0.29) is 18.8 Å². The molecule has 3 aromatic rings. The molecule has 1 heterocycles. The number of hydrogen-bond acceptors (Lipinski definition) is 6. The van der Waals surface area contributed by atoms with Crippen molar-refractivity contribution in [3.05, 3.63) is 66.7 Å². The van der Waals surface area contributed by atoms with Crippen molar-refractivity contribution in [2.75, 3.05) is 18.5 Å². The molecule has 0 aliphatic heterocycles. The van der Waals surface area contributed by atoms with Gasteiger partial charge in [0.1, 0.15) is 24.4 Å². The van der Waals surface area contributed by atoms with Crippen LogP contribution in [0, 0.1) is 0 Å². The average Bonchev–Trinajstić information content (AvgIpc) is 2.73. The van der Waals surface area contributed by atoms with Crippen molar-refractivity contribution in [3.63, 3.8) is 0 Å². The number of nitrogens with one attached hydrogen (secondary N) is 1. The Morgan fingerprint density at radius 3 is 2.40 bits per heavy atom. The highest BCUT2D eigenvalue weighted by Gasteiger charge is 2.31. The lowest BCUT2D eigenvalue weighted by Crippen LogP contribution is -2.17. The van der Waals surface area contributed by atoms with Crippen molar-refractivity contribution in [1.82, 2.24) is 9.97 Å².